The van der Waals surface area contributed by atoms with Crippen LogP contribution in [-0.2, 0) is 19.6 Å². The van der Waals surface area contributed by atoms with Crippen molar-refractivity contribution in [3.8, 4) is 0 Å². The third-order valence-electron chi connectivity index (χ3n) is 5.84. The van der Waals surface area contributed by atoms with Gasteiger partial charge in [-0.05, 0) is 49.9 Å². The van der Waals surface area contributed by atoms with E-state index in [4.69, 9.17) is 0 Å². The van der Waals surface area contributed by atoms with Gasteiger partial charge in [0.1, 0.15) is 0 Å². The summed E-state index contributed by atoms with van der Waals surface area (Å²) < 4.78 is 26.6. The highest BCUT2D eigenvalue weighted by Gasteiger charge is 2.33. The number of hydrogen-bond donors (Lipinski definition) is 2. The molecule has 2 fully saturated rings. The van der Waals surface area contributed by atoms with Crippen LogP contribution in [0.15, 0.2) is 29.2 Å². The molecule has 0 radical (unpaired) electrons. The van der Waals surface area contributed by atoms with Crippen LogP contribution in [0.4, 0.5) is 0 Å². The third kappa shape index (κ3) is 5.47. The van der Waals surface area contributed by atoms with Crippen molar-refractivity contribution in [3.05, 3.63) is 29.8 Å². The van der Waals surface area contributed by atoms with Gasteiger partial charge < -0.3 is 4.90 Å². The molecule has 0 aromatic heterocycles. The minimum atomic E-state index is -3.54. The van der Waals surface area contributed by atoms with Gasteiger partial charge in [0.05, 0.1) is 10.8 Å². The molecule has 1 aromatic rings. The molecule has 0 bridgehead atoms. The highest BCUT2D eigenvalue weighted by atomic mass is 32.2. The van der Waals surface area contributed by atoms with Crippen molar-refractivity contribution in [2.45, 2.75) is 51.3 Å². The number of benzene rings is 1. The highest BCUT2D eigenvalue weighted by Crippen LogP contribution is 2.24. The Morgan fingerprint density at radius 1 is 0.938 bits per heavy atom. The van der Waals surface area contributed by atoms with Gasteiger partial charge in [0.2, 0.25) is 21.8 Å². The van der Waals surface area contributed by atoms with E-state index in [2.05, 4.69) is 10.9 Å². The lowest BCUT2D eigenvalue weighted by Crippen LogP contribution is -2.51. The molecule has 9 nitrogen and oxygen atoms in total. The molecule has 2 heterocycles. The highest BCUT2D eigenvalue weighted by molar-refractivity contribution is 7.89. The topological polar surface area (TPSA) is 116 Å². The van der Waals surface area contributed by atoms with Gasteiger partial charge in [-0.15, -0.1) is 0 Å². The minimum absolute atomic E-state index is 0.00279. The number of sulfonamides is 1. The SMILES string of the molecule is CC(C)(C)C(=O)N1CCCC(C(=O)NNC(=O)c2ccc(S(=O)(=O)N3CCCC3)cc2)C1. The van der Waals surface area contributed by atoms with Crippen LogP contribution in [-0.4, -0.2) is 61.5 Å². The molecule has 2 aliphatic rings. The molecule has 2 N–H and O–H groups in total. The standard InChI is InChI=1S/C22H32N4O5S/c1-22(2,3)21(29)25-12-6-7-17(15-25)20(28)24-23-19(27)16-8-10-18(11-9-16)32(30,31)26-13-4-5-14-26/h8-11,17H,4-7,12-15H2,1-3H3,(H,23,27)(H,24,28). The van der Waals surface area contributed by atoms with Gasteiger partial charge >= 0.3 is 0 Å². The Labute approximate surface area is 189 Å². The first-order valence-corrected chi connectivity index (χ1v) is 12.4. The summed E-state index contributed by atoms with van der Waals surface area (Å²) >= 11 is 0. The van der Waals surface area contributed by atoms with E-state index in [-0.39, 0.29) is 22.3 Å². The Balaban J connectivity index is 1.55. The number of likely N-dealkylation sites (tertiary alicyclic amines) is 1. The van der Waals surface area contributed by atoms with E-state index < -0.39 is 27.3 Å². The maximum atomic E-state index is 12.6. The second kappa shape index (κ2) is 9.58. The van der Waals surface area contributed by atoms with Gasteiger partial charge in [-0.1, -0.05) is 20.8 Å². The van der Waals surface area contributed by atoms with Gasteiger partial charge in [-0.25, -0.2) is 8.42 Å². The normalized spacial score (nSPS) is 20.1. The lowest BCUT2D eigenvalue weighted by molar-refractivity contribution is -0.143. The van der Waals surface area contributed by atoms with Gasteiger partial charge in [0.25, 0.3) is 5.91 Å². The Morgan fingerprint density at radius 2 is 1.56 bits per heavy atom. The number of carbonyl (C=O) groups is 3. The summed E-state index contributed by atoms with van der Waals surface area (Å²) in [7, 11) is -3.54. The van der Waals surface area contributed by atoms with Gasteiger partial charge in [0, 0.05) is 37.2 Å². The predicted octanol–water partition coefficient (Wildman–Crippen LogP) is 1.52. The second-order valence-corrected chi connectivity index (χ2v) is 11.4. The molecule has 3 rings (SSSR count). The Kier molecular flexibility index (Phi) is 7.24. The zero-order valence-corrected chi connectivity index (χ0v) is 19.7. The summed E-state index contributed by atoms with van der Waals surface area (Å²) in [5.74, 6) is -1.29. The number of hydrazine groups is 1. The monoisotopic (exact) mass is 464 g/mol. The van der Waals surface area contributed by atoms with E-state index in [0.29, 0.717) is 32.6 Å². The summed E-state index contributed by atoms with van der Waals surface area (Å²) in [5.41, 5.74) is 4.54. The van der Waals surface area contributed by atoms with Crippen molar-refractivity contribution >= 4 is 27.7 Å². The van der Waals surface area contributed by atoms with E-state index >= 15 is 0 Å². The second-order valence-electron chi connectivity index (χ2n) is 9.42. The smallest absolute Gasteiger partial charge is 0.269 e. The van der Waals surface area contributed by atoms with Crippen molar-refractivity contribution in [2.24, 2.45) is 11.3 Å². The molecule has 0 spiro atoms. The van der Waals surface area contributed by atoms with Crippen LogP contribution in [0.5, 0.6) is 0 Å². The van der Waals surface area contributed by atoms with Crippen LogP contribution in [0.25, 0.3) is 0 Å². The van der Waals surface area contributed by atoms with E-state index in [0.717, 1.165) is 19.3 Å². The number of nitrogens with zero attached hydrogens (tertiary/aromatic N) is 2. The molecule has 176 valence electrons. The zero-order valence-electron chi connectivity index (χ0n) is 18.9. The fourth-order valence-corrected chi connectivity index (χ4v) is 5.52. The Hall–Kier alpha value is -2.46. The van der Waals surface area contributed by atoms with Crippen molar-refractivity contribution in [1.29, 1.82) is 0 Å². The number of rotatable bonds is 4. The van der Waals surface area contributed by atoms with E-state index in [1.165, 1.54) is 28.6 Å². The Morgan fingerprint density at radius 3 is 2.16 bits per heavy atom. The molecule has 0 aliphatic carbocycles. The van der Waals surface area contributed by atoms with Crippen LogP contribution in [0, 0.1) is 11.3 Å². The van der Waals surface area contributed by atoms with Crippen molar-refractivity contribution in [1.82, 2.24) is 20.1 Å². The molecule has 1 unspecified atom stereocenters. The van der Waals surface area contributed by atoms with Crippen LogP contribution in [0.2, 0.25) is 0 Å². The van der Waals surface area contributed by atoms with Gasteiger partial charge in [-0.3, -0.25) is 25.2 Å². The first-order chi connectivity index (χ1) is 15.0. The lowest BCUT2D eigenvalue weighted by Gasteiger charge is -2.35. The van der Waals surface area contributed by atoms with E-state index in [1.54, 1.807) is 4.90 Å². The van der Waals surface area contributed by atoms with Crippen molar-refractivity contribution in [3.63, 3.8) is 0 Å². The third-order valence-corrected chi connectivity index (χ3v) is 7.75. The summed E-state index contributed by atoms with van der Waals surface area (Å²) in [6, 6.07) is 5.66. The van der Waals surface area contributed by atoms with Crippen LogP contribution < -0.4 is 10.9 Å². The molecule has 0 saturated carbocycles. The van der Waals surface area contributed by atoms with Crippen molar-refractivity contribution in [2.75, 3.05) is 26.2 Å². The molecule has 1 aromatic carbocycles. The number of carbonyl (C=O) groups excluding carboxylic acids is 3. The summed E-state index contributed by atoms with van der Waals surface area (Å²) in [4.78, 5) is 39.3. The molecule has 1 atom stereocenters. The average Bonchev–Trinajstić information content (AvgIpc) is 3.32. The summed E-state index contributed by atoms with van der Waals surface area (Å²) in [6.07, 6.45) is 3.06. The number of hydrogen-bond acceptors (Lipinski definition) is 5. The molecular formula is C22H32N4O5S. The summed E-state index contributed by atoms with van der Waals surface area (Å²) in [5, 5.41) is 0. The van der Waals surface area contributed by atoms with Gasteiger partial charge in [0.15, 0.2) is 0 Å². The zero-order chi connectivity index (χ0) is 23.5. The first-order valence-electron chi connectivity index (χ1n) is 11.0. The first kappa shape index (κ1) is 24.2. The number of amides is 3. The molecule has 10 heteroatoms. The maximum Gasteiger partial charge on any atom is 0.269 e. The largest absolute Gasteiger partial charge is 0.341 e. The number of nitrogens with one attached hydrogen (secondary N) is 2. The average molecular weight is 465 g/mol. The maximum absolute atomic E-state index is 12.6. The van der Waals surface area contributed by atoms with Crippen LogP contribution in [0.3, 0.4) is 0 Å². The fraction of sp³-hybridized carbons (Fsp3) is 0.591. The summed E-state index contributed by atoms with van der Waals surface area (Å²) in [6.45, 7) is 7.51. The quantitative estimate of drug-likeness (QED) is 0.656. The predicted molar refractivity (Wildman–Crippen MR) is 119 cm³/mol. The number of piperidine rings is 1. The van der Waals surface area contributed by atoms with E-state index in [9.17, 15) is 22.8 Å². The molecule has 32 heavy (non-hydrogen) atoms. The van der Waals surface area contributed by atoms with Crippen LogP contribution >= 0.6 is 0 Å². The Bertz CT molecular complexity index is 963. The molecule has 2 saturated heterocycles. The molecular weight excluding hydrogens is 432 g/mol. The molecule has 2 aliphatic heterocycles. The lowest BCUT2D eigenvalue weighted by atomic mass is 9.91. The van der Waals surface area contributed by atoms with Gasteiger partial charge in [-0.2, -0.15) is 4.31 Å². The fourth-order valence-electron chi connectivity index (χ4n) is 4.00. The minimum Gasteiger partial charge on any atom is -0.341 e. The van der Waals surface area contributed by atoms with E-state index in [1.807, 2.05) is 20.8 Å². The van der Waals surface area contributed by atoms with Crippen molar-refractivity contribution < 1.29 is 22.8 Å². The van der Waals surface area contributed by atoms with Crippen LogP contribution in [0.1, 0.15) is 56.8 Å². The molecule has 3 amide bonds.